The third-order valence-electron chi connectivity index (χ3n) is 5.47. The Labute approximate surface area is 187 Å². The van der Waals surface area contributed by atoms with Crippen LogP contribution in [0.2, 0.25) is 0 Å². The Balaban J connectivity index is 1.43. The first-order valence-corrected chi connectivity index (χ1v) is 11.9. The van der Waals surface area contributed by atoms with Crippen molar-refractivity contribution in [3.05, 3.63) is 96.3 Å². The van der Waals surface area contributed by atoms with E-state index in [4.69, 9.17) is 0 Å². The summed E-state index contributed by atoms with van der Waals surface area (Å²) < 4.78 is 27.0. The minimum Gasteiger partial charge on any atom is -0.273 e. The van der Waals surface area contributed by atoms with Crippen LogP contribution in [0.25, 0.3) is 0 Å². The highest BCUT2D eigenvalue weighted by Gasteiger charge is 2.32. The number of carbonyl (C=O) groups excluding carboxylic acids is 1. The SMILES string of the molecule is O=C(N/N=C(\c1ccccc1)c1cccnc1)C1CCN(S(=O)(=O)c2ccccc2)CC1. The lowest BCUT2D eigenvalue weighted by molar-refractivity contribution is -0.126. The Bertz CT molecular complexity index is 1130. The summed E-state index contributed by atoms with van der Waals surface area (Å²) in [6, 6.07) is 21.7. The van der Waals surface area contributed by atoms with Gasteiger partial charge in [0.2, 0.25) is 15.9 Å². The van der Waals surface area contributed by atoms with E-state index in [-0.39, 0.29) is 16.7 Å². The molecule has 164 valence electrons. The molecule has 3 aromatic rings. The number of amides is 1. The van der Waals surface area contributed by atoms with E-state index in [0.717, 1.165) is 11.1 Å². The lowest BCUT2D eigenvalue weighted by atomic mass is 9.97. The summed E-state index contributed by atoms with van der Waals surface area (Å²) in [5.74, 6) is -0.508. The van der Waals surface area contributed by atoms with Crippen LogP contribution in [0.15, 0.2) is 95.2 Å². The fourth-order valence-corrected chi connectivity index (χ4v) is 5.19. The van der Waals surface area contributed by atoms with E-state index in [1.807, 2.05) is 42.5 Å². The van der Waals surface area contributed by atoms with Gasteiger partial charge in [-0.2, -0.15) is 9.41 Å². The van der Waals surface area contributed by atoms with E-state index in [0.29, 0.717) is 31.6 Å². The van der Waals surface area contributed by atoms with Gasteiger partial charge in [-0.05, 0) is 37.1 Å². The Morgan fingerprint density at radius 1 is 0.906 bits per heavy atom. The van der Waals surface area contributed by atoms with Gasteiger partial charge in [-0.25, -0.2) is 13.8 Å². The second-order valence-electron chi connectivity index (χ2n) is 7.54. The van der Waals surface area contributed by atoms with Crippen molar-refractivity contribution in [3.8, 4) is 0 Å². The molecule has 1 aromatic heterocycles. The molecule has 1 saturated heterocycles. The Hall–Kier alpha value is -3.36. The number of piperidine rings is 1. The normalized spacial score (nSPS) is 15.9. The number of nitrogens with one attached hydrogen (secondary N) is 1. The number of hydrazone groups is 1. The second-order valence-corrected chi connectivity index (χ2v) is 9.47. The molecule has 8 heteroatoms. The molecule has 1 aliphatic rings. The molecule has 0 spiro atoms. The van der Waals surface area contributed by atoms with Crippen LogP contribution in [0.5, 0.6) is 0 Å². The number of aromatic nitrogens is 1. The van der Waals surface area contributed by atoms with Crippen LogP contribution >= 0.6 is 0 Å². The highest BCUT2D eigenvalue weighted by atomic mass is 32.2. The summed E-state index contributed by atoms with van der Waals surface area (Å²) in [4.78, 5) is 17.2. The predicted molar refractivity (Wildman–Crippen MR) is 122 cm³/mol. The standard InChI is InChI=1S/C24H24N4O3S/c29-24(20-13-16-28(17-14-20)32(30,31)22-11-5-2-6-12-22)27-26-23(19-8-3-1-4-9-19)21-10-7-15-25-18-21/h1-12,15,18,20H,13-14,16-17H2,(H,27,29)/b26-23+. The number of sulfonamides is 1. The van der Waals surface area contributed by atoms with E-state index in [9.17, 15) is 13.2 Å². The van der Waals surface area contributed by atoms with Gasteiger partial charge in [0, 0.05) is 42.5 Å². The van der Waals surface area contributed by atoms with Crippen LogP contribution in [0.4, 0.5) is 0 Å². The quantitative estimate of drug-likeness (QED) is 0.463. The summed E-state index contributed by atoms with van der Waals surface area (Å²) in [6.07, 6.45) is 4.27. The maximum absolute atomic E-state index is 12.8. The molecular weight excluding hydrogens is 424 g/mol. The fraction of sp³-hybridized carbons (Fsp3) is 0.208. The number of carbonyl (C=O) groups is 1. The molecule has 0 atom stereocenters. The van der Waals surface area contributed by atoms with Crippen LogP contribution in [0.1, 0.15) is 24.0 Å². The molecule has 1 N–H and O–H groups in total. The van der Waals surface area contributed by atoms with Gasteiger partial charge in [-0.1, -0.05) is 48.5 Å². The number of nitrogens with zero attached hydrogens (tertiary/aromatic N) is 3. The van der Waals surface area contributed by atoms with Gasteiger partial charge in [0.15, 0.2) is 0 Å². The van der Waals surface area contributed by atoms with Crippen LogP contribution in [0.3, 0.4) is 0 Å². The zero-order valence-corrected chi connectivity index (χ0v) is 18.3. The maximum atomic E-state index is 12.8. The van der Waals surface area contributed by atoms with Crippen molar-refractivity contribution in [1.82, 2.24) is 14.7 Å². The maximum Gasteiger partial charge on any atom is 0.243 e. The van der Waals surface area contributed by atoms with Gasteiger partial charge in [-0.15, -0.1) is 0 Å². The molecule has 2 heterocycles. The summed E-state index contributed by atoms with van der Waals surface area (Å²) in [5.41, 5.74) is 4.97. The molecule has 0 unspecified atom stereocenters. The minimum atomic E-state index is -3.54. The summed E-state index contributed by atoms with van der Waals surface area (Å²) in [5, 5.41) is 4.40. The van der Waals surface area contributed by atoms with Gasteiger partial charge in [0.1, 0.15) is 0 Å². The first-order valence-electron chi connectivity index (χ1n) is 10.4. The molecule has 0 saturated carbocycles. The van der Waals surface area contributed by atoms with Crippen molar-refractivity contribution >= 4 is 21.6 Å². The molecule has 2 aromatic carbocycles. The zero-order valence-electron chi connectivity index (χ0n) is 17.5. The topological polar surface area (TPSA) is 91.7 Å². The first-order chi connectivity index (χ1) is 15.6. The lowest BCUT2D eigenvalue weighted by Crippen LogP contribution is -2.42. The highest BCUT2D eigenvalue weighted by Crippen LogP contribution is 2.24. The van der Waals surface area contributed by atoms with E-state index < -0.39 is 10.0 Å². The number of hydrogen-bond acceptors (Lipinski definition) is 5. The van der Waals surface area contributed by atoms with E-state index >= 15 is 0 Å². The Kier molecular flexibility index (Phi) is 6.72. The van der Waals surface area contributed by atoms with Crippen molar-refractivity contribution in [1.29, 1.82) is 0 Å². The summed E-state index contributed by atoms with van der Waals surface area (Å²) in [6.45, 7) is 0.598. The van der Waals surface area contributed by atoms with Gasteiger partial charge in [0.05, 0.1) is 10.6 Å². The third-order valence-corrected chi connectivity index (χ3v) is 7.38. The molecule has 1 aliphatic heterocycles. The van der Waals surface area contributed by atoms with Crippen LogP contribution in [-0.4, -0.2) is 42.4 Å². The summed E-state index contributed by atoms with van der Waals surface area (Å²) in [7, 11) is -3.54. The molecule has 0 bridgehead atoms. The Morgan fingerprint density at radius 3 is 2.16 bits per heavy atom. The number of pyridine rings is 1. The lowest BCUT2D eigenvalue weighted by Gasteiger charge is -2.30. The molecule has 4 rings (SSSR count). The molecule has 32 heavy (non-hydrogen) atoms. The third kappa shape index (κ3) is 4.92. The molecule has 0 radical (unpaired) electrons. The number of benzene rings is 2. The van der Waals surface area contributed by atoms with Crippen molar-refractivity contribution in [3.63, 3.8) is 0 Å². The van der Waals surface area contributed by atoms with E-state index in [1.165, 1.54) is 4.31 Å². The van der Waals surface area contributed by atoms with Crippen LogP contribution in [-0.2, 0) is 14.8 Å². The van der Waals surface area contributed by atoms with Gasteiger partial charge >= 0.3 is 0 Å². The summed E-state index contributed by atoms with van der Waals surface area (Å²) >= 11 is 0. The highest BCUT2D eigenvalue weighted by molar-refractivity contribution is 7.89. The molecular formula is C24H24N4O3S. The number of rotatable bonds is 6. The van der Waals surface area contributed by atoms with Crippen molar-refractivity contribution in [2.45, 2.75) is 17.7 Å². The minimum absolute atomic E-state index is 0.209. The smallest absolute Gasteiger partial charge is 0.243 e. The molecule has 1 amide bonds. The molecule has 1 fully saturated rings. The van der Waals surface area contributed by atoms with Gasteiger partial charge in [0.25, 0.3) is 0 Å². The average molecular weight is 449 g/mol. The fourth-order valence-electron chi connectivity index (χ4n) is 3.70. The monoisotopic (exact) mass is 448 g/mol. The predicted octanol–water partition coefficient (Wildman–Crippen LogP) is 3.05. The van der Waals surface area contributed by atoms with Crippen molar-refractivity contribution in [2.24, 2.45) is 11.0 Å². The van der Waals surface area contributed by atoms with Crippen LogP contribution < -0.4 is 5.43 Å². The molecule has 0 aliphatic carbocycles. The largest absolute Gasteiger partial charge is 0.273 e. The van der Waals surface area contributed by atoms with Crippen molar-refractivity contribution in [2.75, 3.05) is 13.1 Å². The van der Waals surface area contributed by atoms with Gasteiger partial charge < -0.3 is 0 Å². The Morgan fingerprint density at radius 2 is 1.53 bits per heavy atom. The zero-order chi connectivity index (χ0) is 22.4. The van der Waals surface area contributed by atoms with E-state index in [1.54, 1.807) is 42.7 Å². The van der Waals surface area contributed by atoms with Gasteiger partial charge in [-0.3, -0.25) is 9.78 Å². The molecule has 7 nitrogen and oxygen atoms in total. The second kappa shape index (κ2) is 9.84. The number of hydrogen-bond donors (Lipinski definition) is 1. The first kappa shape index (κ1) is 21.9. The average Bonchev–Trinajstić information content (AvgIpc) is 2.86. The van der Waals surface area contributed by atoms with Crippen molar-refractivity contribution < 1.29 is 13.2 Å². The van der Waals surface area contributed by atoms with E-state index in [2.05, 4.69) is 15.5 Å². The van der Waals surface area contributed by atoms with Crippen LogP contribution in [0, 0.1) is 5.92 Å².